The highest BCUT2D eigenvalue weighted by Crippen LogP contribution is 2.72. The van der Waals surface area contributed by atoms with Gasteiger partial charge in [-0.15, -0.1) is 5.92 Å². The van der Waals surface area contributed by atoms with Gasteiger partial charge in [0.25, 0.3) is 0 Å². The second kappa shape index (κ2) is 18.6. The van der Waals surface area contributed by atoms with Crippen molar-refractivity contribution in [3.8, 4) is 11.8 Å². The zero-order chi connectivity index (χ0) is 50.5. The number of allylic oxidation sites excluding steroid dienone is 5. The molecule has 0 radical (unpaired) electrons. The smallest absolute Gasteiger partial charge is 0.313 e. The maximum atomic E-state index is 15.1. The Balaban J connectivity index is 1.17. The van der Waals surface area contributed by atoms with Crippen LogP contribution in [0.15, 0.2) is 58.5 Å². The highest BCUT2D eigenvalue weighted by atomic mass is 16.5. The first kappa shape index (κ1) is 50.2. The van der Waals surface area contributed by atoms with Gasteiger partial charge in [-0.3, -0.25) is 19.4 Å². The number of ether oxygens (including phenoxy) is 1. The van der Waals surface area contributed by atoms with E-state index in [1.165, 1.54) is 12.5 Å². The van der Waals surface area contributed by atoms with Crippen LogP contribution in [0.25, 0.3) is 0 Å². The average Bonchev–Trinajstić information content (AvgIpc) is 4.04. The number of fused-ring (bicyclic) bond motifs is 8. The number of guanidine groups is 1. The Hall–Kier alpha value is -4.30. The van der Waals surface area contributed by atoms with Gasteiger partial charge in [0.2, 0.25) is 0 Å². The highest BCUT2D eigenvalue weighted by molar-refractivity contribution is 6.00. The first-order chi connectivity index (χ1) is 33.7. The van der Waals surface area contributed by atoms with Gasteiger partial charge in [0.15, 0.2) is 11.7 Å². The molecule has 4 bridgehead atoms. The van der Waals surface area contributed by atoms with Gasteiger partial charge in [0, 0.05) is 61.1 Å². The number of hydrogen-bond acceptors (Lipinski definition) is 12. The van der Waals surface area contributed by atoms with Gasteiger partial charge in [-0.2, -0.15) is 0 Å². The summed E-state index contributed by atoms with van der Waals surface area (Å²) in [5, 5.41) is 78.0. The Labute approximate surface area is 417 Å². The zero-order valence-electron chi connectivity index (χ0n) is 41.8. The van der Waals surface area contributed by atoms with Crippen molar-refractivity contribution >= 4 is 23.5 Å². The first-order valence-electron chi connectivity index (χ1n) is 26.6. The SMILES string of the molecule is CC(=O)CNC1=C2C(CCC3(CCN=C(N)N)C4C(CC#CC(C5COC(=O)C5c5cc[nH]c5)C5C=CC6C=C7CCC(C)CC7C5C6C(CO)CC(O)C4(C)O)CC23O)C2(C)CC(O)C(O)CC2C1=O. The number of ketones is 2. The standard InChI is InChI=1S/C56H77N5O10/c1-28-8-9-30-19-31-10-11-36-35(38-27-71-51(68)45(38)33-13-16-59-25-33)7-5-6-32-22-56(70)47-39(53(3)23-42(65)41(64)21-40(53)49(67)48(47)61-24-29(2)63)12-14-55(56,15-17-60-52(57)58)50(32)54(4,69)43(66)20-34(26-62)44(31)46(36)37(30)18-28/h10-11,13,16,19,25,28,31-32,34-46,50,59,61-62,64-66,69-70H,6,8-9,12,14-15,17-18,20-24,26-27H2,1-4H3,(H4,57,58,60). The molecule has 0 aromatic carbocycles. The minimum absolute atomic E-state index is 0.0207. The number of nitrogens with one attached hydrogen (secondary N) is 2. The quantitative estimate of drug-likeness (QED) is 0.0560. The molecule has 71 heavy (non-hydrogen) atoms. The number of nitrogens with zero attached hydrogens (tertiary/aromatic N) is 1. The molecular weight excluding hydrogens is 903 g/mol. The molecule has 8 aliphatic carbocycles. The molecule has 9 aliphatic rings. The van der Waals surface area contributed by atoms with Crippen molar-refractivity contribution < 1.29 is 49.8 Å². The lowest BCUT2D eigenvalue weighted by molar-refractivity contribution is -0.191. The lowest BCUT2D eigenvalue weighted by Gasteiger charge is -2.62. The summed E-state index contributed by atoms with van der Waals surface area (Å²) in [6.45, 7) is 7.16. The number of nitrogens with two attached hydrogens (primary N) is 2. The van der Waals surface area contributed by atoms with Crippen molar-refractivity contribution in [1.82, 2.24) is 10.3 Å². The molecule has 2 heterocycles. The molecule has 1 saturated heterocycles. The van der Waals surface area contributed by atoms with E-state index in [-0.39, 0.29) is 135 Å². The fourth-order valence-corrected chi connectivity index (χ4v) is 17.5. The van der Waals surface area contributed by atoms with Crippen LogP contribution < -0.4 is 16.8 Å². The summed E-state index contributed by atoms with van der Waals surface area (Å²) in [7, 11) is 0. The molecule has 0 amide bonds. The number of hydrogen-bond donors (Lipinski definition) is 10. The van der Waals surface area contributed by atoms with E-state index in [1.54, 1.807) is 6.92 Å². The summed E-state index contributed by atoms with van der Waals surface area (Å²) in [6, 6.07) is 1.92. The summed E-state index contributed by atoms with van der Waals surface area (Å²) in [5.74, 6) is 2.51. The summed E-state index contributed by atoms with van der Waals surface area (Å²) < 4.78 is 5.96. The number of H-pyrrole nitrogens is 1. The van der Waals surface area contributed by atoms with E-state index >= 15 is 4.79 Å². The molecule has 0 spiro atoms. The molecule has 10 rings (SSSR count). The number of aliphatic hydroxyl groups excluding tert-OH is 4. The number of esters is 1. The van der Waals surface area contributed by atoms with Crippen LogP contribution in [0.2, 0.25) is 0 Å². The predicted octanol–water partition coefficient (Wildman–Crippen LogP) is 3.40. The maximum Gasteiger partial charge on any atom is 0.313 e. The number of aliphatic imine (C=N–C) groups is 1. The molecule has 15 heteroatoms. The molecule has 12 N–H and O–H groups in total. The molecule has 1 aromatic heterocycles. The lowest BCUT2D eigenvalue weighted by Crippen LogP contribution is -2.65. The third kappa shape index (κ3) is 7.99. The fourth-order valence-electron chi connectivity index (χ4n) is 17.5. The van der Waals surface area contributed by atoms with Crippen LogP contribution in [-0.2, 0) is 19.1 Å². The molecule has 1 aromatic rings. The molecule has 5 fully saturated rings. The van der Waals surface area contributed by atoms with Gasteiger partial charge >= 0.3 is 5.97 Å². The molecule has 21 atom stereocenters. The number of aliphatic hydroxyl groups is 6. The average molecular weight is 980 g/mol. The Morgan fingerprint density at radius 3 is 2.54 bits per heavy atom. The van der Waals surface area contributed by atoms with E-state index in [9.17, 15) is 40.2 Å². The van der Waals surface area contributed by atoms with Gasteiger partial charge in [0.1, 0.15) is 5.78 Å². The van der Waals surface area contributed by atoms with E-state index in [4.69, 9.17) is 16.2 Å². The van der Waals surface area contributed by atoms with Crippen molar-refractivity contribution in [2.45, 2.75) is 134 Å². The third-order valence-electron chi connectivity index (χ3n) is 20.5. The minimum atomic E-state index is -1.91. The predicted molar refractivity (Wildman–Crippen MR) is 264 cm³/mol. The van der Waals surface area contributed by atoms with Crippen molar-refractivity contribution in [2.24, 2.45) is 104 Å². The van der Waals surface area contributed by atoms with Crippen LogP contribution in [0.3, 0.4) is 0 Å². The van der Waals surface area contributed by atoms with E-state index in [2.05, 4.69) is 52.3 Å². The normalized spacial score (nSPS) is 46.7. The first-order valence-corrected chi connectivity index (χ1v) is 26.6. The topological polar surface area (TPSA) is 274 Å². The number of cyclic esters (lactones) is 1. The van der Waals surface area contributed by atoms with Crippen molar-refractivity contribution in [1.29, 1.82) is 0 Å². The van der Waals surface area contributed by atoms with Crippen LogP contribution >= 0.6 is 0 Å². The maximum absolute atomic E-state index is 15.1. The largest absolute Gasteiger partial charge is 0.465 e. The van der Waals surface area contributed by atoms with Crippen LogP contribution in [0.5, 0.6) is 0 Å². The summed E-state index contributed by atoms with van der Waals surface area (Å²) >= 11 is 0. The van der Waals surface area contributed by atoms with Crippen molar-refractivity contribution in [2.75, 3.05) is 26.3 Å². The number of carbonyl (C=O) groups is 3. The molecule has 21 unspecified atom stereocenters. The minimum Gasteiger partial charge on any atom is -0.465 e. The third-order valence-corrected chi connectivity index (χ3v) is 20.5. The van der Waals surface area contributed by atoms with E-state index in [1.807, 2.05) is 25.4 Å². The second-order valence-electron chi connectivity index (χ2n) is 24.3. The molecule has 1 aliphatic heterocycles. The summed E-state index contributed by atoms with van der Waals surface area (Å²) in [5.41, 5.74) is 8.83. The van der Waals surface area contributed by atoms with E-state index in [0.717, 1.165) is 24.8 Å². The number of Topliss-reactive ketones (excluding diaryl/α,β-unsaturated/α-hetero) is 2. The highest BCUT2D eigenvalue weighted by Gasteiger charge is 2.74. The van der Waals surface area contributed by atoms with Crippen LogP contribution in [0, 0.1) is 99.6 Å². The molecule has 386 valence electrons. The van der Waals surface area contributed by atoms with E-state index < -0.39 is 75.9 Å². The van der Waals surface area contributed by atoms with Gasteiger partial charge in [-0.25, -0.2) is 0 Å². The van der Waals surface area contributed by atoms with Crippen LogP contribution in [0.1, 0.15) is 110 Å². The molecule has 15 nitrogen and oxygen atoms in total. The van der Waals surface area contributed by atoms with Gasteiger partial charge < -0.3 is 57.1 Å². The number of aromatic amines is 1. The van der Waals surface area contributed by atoms with Crippen LogP contribution in [-0.4, -0.2) is 115 Å². The number of aromatic nitrogens is 1. The number of carbonyl (C=O) groups excluding carboxylic acids is 3. The zero-order valence-corrected chi connectivity index (χ0v) is 41.8. The van der Waals surface area contributed by atoms with Crippen molar-refractivity contribution in [3.63, 3.8) is 0 Å². The Morgan fingerprint density at radius 2 is 1.82 bits per heavy atom. The van der Waals surface area contributed by atoms with Gasteiger partial charge in [0.05, 0.1) is 54.3 Å². The van der Waals surface area contributed by atoms with E-state index in [0.29, 0.717) is 24.3 Å². The molecular formula is C56H77N5O10. The molecule has 4 saturated carbocycles. The summed E-state index contributed by atoms with van der Waals surface area (Å²) in [4.78, 5) is 49.3. The Kier molecular flexibility index (Phi) is 13.1. The van der Waals surface area contributed by atoms with Crippen molar-refractivity contribution in [3.05, 3.63) is 59.1 Å². The Bertz CT molecular complexity index is 2450. The second-order valence-corrected chi connectivity index (χ2v) is 24.3. The van der Waals surface area contributed by atoms with Crippen LogP contribution in [0.4, 0.5) is 0 Å². The summed E-state index contributed by atoms with van der Waals surface area (Å²) in [6.07, 6.45) is 11.4. The van der Waals surface area contributed by atoms with Gasteiger partial charge in [-0.1, -0.05) is 43.6 Å². The fraction of sp³-hybridized carbons (Fsp3) is 0.714. The lowest BCUT2D eigenvalue weighted by atomic mass is 9.44. The monoisotopic (exact) mass is 980 g/mol. The Morgan fingerprint density at radius 1 is 1.03 bits per heavy atom. The van der Waals surface area contributed by atoms with Gasteiger partial charge in [-0.05, 0) is 154 Å². The number of rotatable bonds is 9.